The van der Waals surface area contributed by atoms with Crippen molar-refractivity contribution < 1.29 is 27.1 Å². The molecular weight excluding hydrogens is 512 g/mol. The van der Waals surface area contributed by atoms with Crippen LogP contribution in [0, 0.1) is 5.82 Å². The van der Waals surface area contributed by atoms with Crippen molar-refractivity contribution in [2.24, 2.45) is 0 Å². The van der Waals surface area contributed by atoms with E-state index in [1.54, 1.807) is 24.3 Å². The van der Waals surface area contributed by atoms with Crippen molar-refractivity contribution in [2.45, 2.75) is 44.5 Å². The third-order valence-electron chi connectivity index (χ3n) is 7.55. The quantitative estimate of drug-likeness (QED) is 0.401. The molecule has 3 heterocycles. The molecule has 2 fully saturated rings. The van der Waals surface area contributed by atoms with Crippen molar-refractivity contribution in [2.75, 3.05) is 31.9 Å². The van der Waals surface area contributed by atoms with E-state index in [9.17, 15) is 22.4 Å². The van der Waals surface area contributed by atoms with Crippen LogP contribution in [0.1, 0.15) is 47.2 Å². The third-order valence-corrected chi connectivity index (χ3v) is 7.55. The lowest BCUT2D eigenvalue weighted by Crippen LogP contribution is -2.45. The van der Waals surface area contributed by atoms with Gasteiger partial charge in [-0.2, -0.15) is 13.2 Å². The minimum Gasteiger partial charge on any atom is -0.485 e. The number of nitrogens with two attached hydrogens (primary N) is 1. The summed E-state index contributed by atoms with van der Waals surface area (Å²) in [6, 6.07) is 11.9. The molecule has 2 N–H and O–H groups in total. The standard InChI is InChI=1S/C29H30F4N4O2/c30-25-5-3-4-24(29(31,32)33)23(25)18-39-26-16-21(17-35-27(26)34)19-6-8-20(9-7-19)28(38)37-14-10-22(11-15-37)36-12-1-2-13-36/h3-9,16-17,22H,1-2,10-15,18H2,(H2,34,35). The van der Waals surface area contributed by atoms with Gasteiger partial charge in [-0.05, 0) is 74.7 Å². The average molecular weight is 543 g/mol. The number of nitrogen functional groups attached to an aromatic ring is 1. The number of pyridine rings is 1. The Morgan fingerprint density at radius 2 is 1.69 bits per heavy atom. The summed E-state index contributed by atoms with van der Waals surface area (Å²) in [5.41, 5.74) is 6.06. The summed E-state index contributed by atoms with van der Waals surface area (Å²) < 4.78 is 59.7. The topological polar surface area (TPSA) is 71.7 Å². The van der Waals surface area contributed by atoms with Crippen molar-refractivity contribution in [3.63, 3.8) is 0 Å². The minimum absolute atomic E-state index is 0.00812. The molecule has 0 atom stereocenters. The number of halogens is 4. The molecule has 206 valence electrons. The zero-order valence-electron chi connectivity index (χ0n) is 21.4. The number of carbonyl (C=O) groups is 1. The van der Waals surface area contributed by atoms with Gasteiger partial charge in [-0.1, -0.05) is 18.2 Å². The zero-order valence-corrected chi connectivity index (χ0v) is 21.4. The van der Waals surface area contributed by atoms with Gasteiger partial charge in [0.25, 0.3) is 5.91 Å². The van der Waals surface area contributed by atoms with Crippen molar-refractivity contribution >= 4 is 11.7 Å². The number of likely N-dealkylation sites (tertiary alicyclic amines) is 2. The number of rotatable bonds is 6. The molecule has 0 unspecified atom stereocenters. The van der Waals surface area contributed by atoms with Crippen LogP contribution in [0.4, 0.5) is 23.4 Å². The number of aromatic nitrogens is 1. The van der Waals surface area contributed by atoms with Gasteiger partial charge in [0.05, 0.1) is 5.56 Å². The maximum absolute atomic E-state index is 14.2. The lowest BCUT2D eigenvalue weighted by atomic mass is 10.0. The molecule has 3 aromatic rings. The molecule has 2 aromatic carbocycles. The number of ether oxygens (including phenoxy) is 1. The summed E-state index contributed by atoms with van der Waals surface area (Å²) in [4.78, 5) is 21.6. The maximum atomic E-state index is 14.2. The molecule has 2 aliphatic heterocycles. The Morgan fingerprint density at radius 3 is 2.36 bits per heavy atom. The molecule has 0 radical (unpaired) electrons. The highest BCUT2D eigenvalue weighted by molar-refractivity contribution is 5.94. The van der Waals surface area contributed by atoms with Crippen LogP contribution in [0.5, 0.6) is 5.75 Å². The van der Waals surface area contributed by atoms with E-state index >= 15 is 0 Å². The number of anilines is 1. The predicted octanol–water partition coefficient (Wildman–Crippen LogP) is 5.77. The fourth-order valence-corrected chi connectivity index (χ4v) is 5.38. The van der Waals surface area contributed by atoms with Gasteiger partial charge in [-0.3, -0.25) is 4.79 Å². The largest absolute Gasteiger partial charge is 0.485 e. The van der Waals surface area contributed by atoms with Crippen LogP contribution in [0.25, 0.3) is 11.1 Å². The predicted molar refractivity (Wildman–Crippen MR) is 140 cm³/mol. The summed E-state index contributed by atoms with van der Waals surface area (Å²) in [5, 5.41) is 0. The Bertz CT molecular complexity index is 1320. The number of alkyl halides is 3. The Kier molecular flexibility index (Phi) is 7.74. The van der Waals surface area contributed by atoms with Crippen molar-refractivity contribution in [3.05, 3.63) is 77.2 Å². The molecule has 5 rings (SSSR count). The first-order chi connectivity index (χ1) is 18.7. The van der Waals surface area contributed by atoms with Gasteiger partial charge in [0.2, 0.25) is 0 Å². The number of amides is 1. The Labute approximate surface area is 224 Å². The molecule has 1 amide bonds. The summed E-state index contributed by atoms with van der Waals surface area (Å²) in [6.45, 7) is 3.12. The molecule has 0 aliphatic carbocycles. The molecule has 1 aromatic heterocycles. The first-order valence-electron chi connectivity index (χ1n) is 13.1. The molecule has 0 spiro atoms. The van der Waals surface area contributed by atoms with Crippen molar-refractivity contribution in [1.82, 2.24) is 14.8 Å². The highest BCUT2D eigenvalue weighted by Crippen LogP contribution is 2.35. The second-order valence-electron chi connectivity index (χ2n) is 10.0. The Balaban J connectivity index is 1.25. The van der Waals surface area contributed by atoms with Crippen molar-refractivity contribution in [1.29, 1.82) is 0 Å². The van der Waals surface area contributed by atoms with Crippen LogP contribution in [-0.2, 0) is 12.8 Å². The van der Waals surface area contributed by atoms with E-state index < -0.39 is 29.7 Å². The van der Waals surface area contributed by atoms with Crippen LogP contribution in [0.3, 0.4) is 0 Å². The minimum atomic E-state index is -4.73. The van der Waals surface area contributed by atoms with Crippen LogP contribution in [0.2, 0.25) is 0 Å². The maximum Gasteiger partial charge on any atom is 0.416 e. The SMILES string of the molecule is Nc1ncc(-c2ccc(C(=O)N3CCC(N4CCCC4)CC3)cc2)cc1OCc1c(F)cccc1C(F)(F)F. The zero-order chi connectivity index (χ0) is 27.6. The van der Waals surface area contributed by atoms with Crippen LogP contribution >= 0.6 is 0 Å². The fourth-order valence-electron chi connectivity index (χ4n) is 5.38. The van der Waals surface area contributed by atoms with Gasteiger partial charge in [0.15, 0.2) is 11.6 Å². The van der Waals surface area contributed by atoms with E-state index in [0.717, 1.165) is 62.8 Å². The van der Waals surface area contributed by atoms with Gasteiger partial charge in [0.1, 0.15) is 12.4 Å². The van der Waals surface area contributed by atoms with E-state index in [0.29, 0.717) is 17.2 Å². The Morgan fingerprint density at radius 1 is 1.00 bits per heavy atom. The van der Waals surface area contributed by atoms with E-state index in [-0.39, 0.29) is 17.5 Å². The van der Waals surface area contributed by atoms with Gasteiger partial charge in [0, 0.05) is 42.0 Å². The summed E-state index contributed by atoms with van der Waals surface area (Å²) in [5.74, 6) is -1.03. The Hall–Kier alpha value is -3.66. The molecule has 39 heavy (non-hydrogen) atoms. The summed E-state index contributed by atoms with van der Waals surface area (Å²) in [7, 11) is 0. The third kappa shape index (κ3) is 6.00. The number of piperidine rings is 1. The highest BCUT2D eigenvalue weighted by Gasteiger charge is 2.34. The van der Waals surface area contributed by atoms with E-state index in [1.165, 1.54) is 25.1 Å². The number of hydrogen-bond donors (Lipinski definition) is 1. The summed E-state index contributed by atoms with van der Waals surface area (Å²) >= 11 is 0. The number of benzene rings is 2. The monoisotopic (exact) mass is 542 g/mol. The number of nitrogens with zero attached hydrogens (tertiary/aromatic N) is 3. The first-order valence-corrected chi connectivity index (χ1v) is 13.1. The lowest BCUT2D eigenvalue weighted by Gasteiger charge is -2.36. The van der Waals surface area contributed by atoms with Gasteiger partial charge in [-0.25, -0.2) is 9.37 Å². The molecule has 0 saturated carbocycles. The van der Waals surface area contributed by atoms with E-state index in [1.807, 2.05) is 4.90 Å². The molecular formula is C29H30F4N4O2. The number of carbonyl (C=O) groups excluding carboxylic acids is 1. The first kappa shape index (κ1) is 26.9. The molecule has 10 heteroatoms. The average Bonchev–Trinajstić information content (AvgIpc) is 3.48. The second kappa shape index (κ2) is 11.2. The number of hydrogen-bond acceptors (Lipinski definition) is 5. The van der Waals surface area contributed by atoms with E-state index in [4.69, 9.17) is 10.5 Å². The van der Waals surface area contributed by atoms with Crippen LogP contribution < -0.4 is 10.5 Å². The second-order valence-corrected chi connectivity index (χ2v) is 10.0. The highest BCUT2D eigenvalue weighted by atomic mass is 19.4. The van der Waals surface area contributed by atoms with Crippen LogP contribution in [-0.4, -0.2) is 52.9 Å². The smallest absolute Gasteiger partial charge is 0.416 e. The fraction of sp³-hybridized carbons (Fsp3) is 0.379. The molecule has 2 aliphatic rings. The molecule has 0 bridgehead atoms. The molecule has 6 nitrogen and oxygen atoms in total. The lowest BCUT2D eigenvalue weighted by molar-refractivity contribution is -0.138. The van der Waals surface area contributed by atoms with Gasteiger partial charge < -0.3 is 20.3 Å². The van der Waals surface area contributed by atoms with Crippen molar-refractivity contribution in [3.8, 4) is 16.9 Å². The molecule has 2 saturated heterocycles. The van der Waals surface area contributed by atoms with Gasteiger partial charge >= 0.3 is 6.18 Å². The van der Waals surface area contributed by atoms with Crippen LogP contribution in [0.15, 0.2) is 54.7 Å². The van der Waals surface area contributed by atoms with Gasteiger partial charge in [-0.15, -0.1) is 0 Å². The normalized spacial score (nSPS) is 17.0. The summed E-state index contributed by atoms with van der Waals surface area (Å²) in [6.07, 6.45) is 1.27. The van der Waals surface area contributed by atoms with E-state index in [2.05, 4.69) is 9.88 Å².